The smallest absolute Gasteiger partial charge is 0.292 e. The van der Waals surface area contributed by atoms with Gasteiger partial charge in [0.1, 0.15) is 17.2 Å². The molecule has 4 heteroatoms. The van der Waals surface area contributed by atoms with E-state index in [0.29, 0.717) is 5.75 Å². The van der Waals surface area contributed by atoms with Crippen LogP contribution in [0.4, 0.5) is 0 Å². The standard InChI is InChI=1S/C22H19NO3/c1-22(2,18-7-3-4-8-19(18)24)21-17(6-5-9-20(21)25)15-10-12-16(13-11-15)26-14-23/h3-13,24-25H,1-2H3. The third kappa shape index (κ3) is 3.07. The Morgan fingerprint density at radius 2 is 1.50 bits per heavy atom. The van der Waals surface area contributed by atoms with Gasteiger partial charge in [0.2, 0.25) is 0 Å². The van der Waals surface area contributed by atoms with Gasteiger partial charge in [-0.3, -0.25) is 0 Å². The van der Waals surface area contributed by atoms with Crippen molar-refractivity contribution in [2.45, 2.75) is 19.3 Å². The van der Waals surface area contributed by atoms with Gasteiger partial charge in [-0.1, -0.05) is 56.3 Å². The highest BCUT2D eigenvalue weighted by atomic mass is 16.5. The second-order valence-corrected chi connectivity index (χ2v) is 6.56. The minimum absolute atomic E-state index is 0.160. The molecule has 26 heavy (non-hydrogen) atoms. The van der Waals surface area contributed by atoms with Gasteiger partial charge in [-0.15, -0.1) is 5.26 Å². The van der Waals surface area contributed by atoms with Gasteiger partial charge in [0, 0.05) is 16.5 Å². The average Bonchev–Trinajstić information content (AvgIpc) is 2.62. The van der Waals surface area contributed by atoms with E-state index in [2.05, 4.69) is 0 Å². The molecule has 0 aromatic heterocycles. The summed E-state index contributed by atoms with van der Waals surface area (Å²) < 4.78 is 4.83. The SMILES string of the molecule is CC(C)(c1ccccc1O)c1c(O)cccc1-c1ccc(OC#N)cc1. The molecule has 2 N–H and O–H groups in total. The molecule has 0 spiro atoms. The second-order valence-electron chi connectivity index (χ2n) is 6.56. The normalized spacial score (nSPS) is 11.0. The Morgan fingerprint density at radius 3 is 2.15 bits per heavy atom. The van der Waals surface area contributed by atoms with Crippen LogP contribution >= 0.6 is 0 Å². The first-order valence-corrected chi connectivity index (χ1v) is 8.22. The summed E-state index contributed by atoms with van der Waals surface area (Å²) in [5, 5.41) is 29.6. The predicted octanol–water partition coefficient (Wildman–Crippen LogP) is 4.95. The van der Waals surface area contributed by atoms with Crippen molar-refractivity contribution in [2.24, 2.45) is 0 Å². The van der Waals surface area contributed by atoms with Crippen LogP contribution in [0.15, 0.2) is 66.7 Å². The van der Waals surface area contributed by atoms with Crippen LogP contribution < -0.4 is 4.74 Å². The Balaban J connectivity index is 2.17. The molecule has 0 aliphatic carbocycles. The fourth-order valence-corrected chi connectivity index (χ4v) is 3.33. The van der Waals surface area contributed by atoms with Gasteiger partial charge in [-0.2, -0.15) is 0 Å². The molecule has 0 bridgehead atoms. The number of hydrogen-bond acceptors (Lipinski definition) is 4. The summed E-state index contributed by atoms with van der Waals surface area (Å²) in [6.07, 6.45) is 1.65. The number of phenols is 2. The van der Waals surface area contributed by atoms with Crippen molar-refractivity contribution in [3.63, 3.8) is 0 Å². The van der Waals surface area contributed by atoms with Crippen LogP contribution in [0.5, 0.6) is 17.2 Å². The Bertz CT molecular complexity index is 969. The monoisotopic (exact) mass is 345 g/mol. The molecule has 0 saturated heterocycles. The summed E-state index contributed by atoms with van der Waals surface area (Å²) in [6.45, 7) is 3.93. The molecule has 0 heterocycles. The van der Waals surface area contributed by atoms with Crippen molar-refractivity contribution in [1.82, 2.24) is 0 Å². The third-order valence-corrected chi connectivity index (χ3v) is 4.57. The van der Waals surface area contributed by atoms with Crippen LogP contribution in [0.1, 0.15) is 25.0 Å². The summed E-state index contributed by atoms with van der Waals surface area (Å²) in [4.78, 5) is 0. The summed E-state index contributed by atoms with van der Waals surface area (Å²) in [7, 11) is 0. The number of aromatic hydroxyl groups is 2. The molecule has 3 aromatic rings. The van der Waals surface area contributed by atoms with E-state index in [1.807, 2.05) is 44.2 Å². The maximum absolute atomic E-state index is 10.6. The van der Waals surface area contributed by atoms with Crippen LogP contribution in [-0.2, 0) is 5.41 Å². The second kappa shape index (κ2) is 6.81. The maximum atomic E-state index is 10.6. The number of rotatable bonds is 4. The number of para-hydroxylation sites is 1. The van der Waals surface area contributed by atoms with Crippen LogP contribution in [0.25, 0.3) is 11.1 Å². The molecule has 0 radical (unpaired) electrons. The van der Waals surface area contributed by atoms with Gasteiger partial charge in [0.25, 0.3) is 6.26 Å². The van der Waals surface area contributed by atoms with Crippen molar-refractivity contribution >= 4 is 0 Å². The quantitative estimate of drug-likeness (QED) is 0.656. The van der Waals surface area contributed by atoms with Gasteiger partial charge >= 0.3 is 0 Å². The zero-order valence-corrected chi connectivity index (χ0v) is 14.6. The molecular formula is C22H19NO3. The lowest BCUT2D eigenvalue weighted by Crippen LogP contribution is -2.20. The van der Waals surface area contributed by atoms with Crippen molar-refractivity contribution in [3.05, 3.63) is 77.9 Å². The number of benzene rings is 3. The van der Waals surface area contributed by atoms with Crippen LogP contribution in [-0.4, -0.2) is 10.2 Å². The van der Waals surface area contributed by atoms with Crippen molar-refractivity contribution < 1.29 is 14.9 Å². The van der Waals surface area contributed by atoms with Gasteiger partial charge in [0.15, 0.2) is 0 Å². The fourth-order valence-electron chi connectivity index (χ4n) is 3.33. The zero-order chi connectivity index (χ0) is 18.7. The first kappa shape index (κ1) is 17.4. The third-order valence-electron chi connectivity index (χ3n) is 4.57. The van der Waals surface area contributed by atoms with Gasteiger partial charge in [-0.05, 0) is 35.4 Å². The number of hydrogen-bond donors (Lipinski definition) is 2. The molecule has 4 nitrogen and oxygen atoms in total. The molecule has 0 unspecified atom stereocenters. The molecular weight excluding hydrogens is 326 g/mol. The van der Waals surface area contributed by atoms with E-state index in [0.717, 1.165) is 22.3 Å². The first-order valence-electron chi connectivity index (χ1n) is 8.22. The number of ether oxygens (including phenoxy) is 1. The summed E-state index contributed by atoms with van der Waals surface area (Å²) in [5.41, 5.74) is 2.54. The molecule has 0 aliphatic heterocycles. The van der Waals surface area contributed by atoms with E-state index in [1.54, 1.807) is 42.7 Å². The van der Waals surface area contributed by atoms with Crippen LogP contribution in [0.3, 0.4) is 0 Å². The molecule has 0 atom stereocenters. The number of nitrogens with zero attached hydrogens (tertiary/aromatic N) is 1. The number of nitriles is 1. The van der Waals surface area contributed by atoms with E-state index in [-0.39, 0.29) is 11.5 Å². The lowest BCUT2D eigenvalue weighted by molar-refractivity contribution is 0.436. The minimum Gasteiger partial charge on any atom is -0.508 e. The summed E-state index contributed by atoms with van der Waals surface area (Å²) >= 11 is 0. The highest BCUT2D eigenvalue weighted by Crippen LogP contribution is 2.45. The number of phenolic OH excluding ortho intramolecular Hbond substituents is 2. The molecule has 0 aliphatic rings. The Labute approximate surface area is 152 Å². The minimum atomic E-state index is -0.631. The Hall–Kier alpha value is -3.45. The predicted molar refractivity (Wildman–Crippen MR) is 100 cm³/mol. The first-order chi connectivity index (χ1) is 12.4. The molecule has 0 amide bonds. The molecule has 3 rings (SSSR count). The van der Waals surface area contributed by atoms with Gasteiger partial charge in [0.05, 0.1) is 0 Å². The Morgan fingerprint density at radius 1 is 0.846 bits per heavy atom. The highest BCUT2D eigenvalue weighted by Gasteiger charge is 2.31. The average molecular weight is 345 g/mol. The summed E-state index contributed by atoms with van der Waals surface area (Å²) in [5.74, 6) is 0.801. The summed E-state index contributed by atoms with van der Waals surface area (Å²) in [6, 6.07) is 19.6. The lowest BCUT2D eigenvalue weighted by atomic mass is 9.74. The van der Waals surface area contributed by atoms with Crippen LogP contribution in [0.2, 0.25) is 0 Å². The van der Waals surface area contributed by atoms with E-state index < -0.39 is 5.41 Å². The van der Waals surface area contributed by atoms with E-state index in [4.69, 9.17) is 10.00 Å². The van der Waals surface area contributed by atoms with Crippen molar-refractivity contribution in [1.29, 1.82) is 5.26 Å². The van der Waals surface area contributed by atoms with Crippen molar-refractivity contribution in [3.8, 4) is 34.6 Å². The lowest BCUT2D eigenvalue weighted by Gasteiger charge is -2.30. The Kier molecular flexibility index (Phi) is 4.55. The molecule has 0 saturated carbocycles. The largest absolute Gasteiger partial charge is 0.508 e. The van der Waals surface area contributed by atoms with Gasteiger partial charge in [-0.25, -0.2) is 0 Å². The maximum Gasteiger partial charge on any atom is 0.292 e. The van der Waals surface area contributed by atoms with E-state index in [9.17, 15) is 10.2 Å². The topological polar surface area (TPSA) is 73.5 Å². The van der Waals surface area contributed by atoms with Gasteiger partial charge < -0.3 is 14.9 Å². The highest BCUT2D eigenvalue weighted by molar-refractivity contribution is 5.73. The fraction of sp³-hybridized carbons (Fsp3) is 0.136. The molecule has 0 fully saturated rings. The van der Waals surface area contributed by atoms with E-state index >= 15 is 0 Å². The molecule has 3 aromatic carbocycles. The van der Waals surface area contributed by atoms with Crippen molar-refractivity contribution in [2.75, 3.05) is 0 Å². The van der Waals surface area contributed by atoms with Crippen LogP contribution in [0, 0.1) is 11.5 Å². The zero-order valence-electron chi connectivity index (χ0n) is 14.6. The van der Waals surface area contributed by atoms with E-state index in [1.165, 1.54) is 0 Å². The molecule has 130 valence electrons.